The van der Waals surface area contributed by atoms with Crippen LogP contribution in [0.5, 0.6) is 0 Å². The Kier molecular flexibility index (Phi) is 6.62. The highest BCUT2D eigenvalue weighted by Gasteiger charge is 2.14. The highest BCUT2D eigenvalue weighted by atomic mass is 32.1. The number of pyridine rings is 1. The SMILES string of the molecule is C=N/C(=N\c1cc(-c2nc(-c3ccccc3)nc(-c3ccccc3)n2)ccc1C)c1ccc2c(n1)sc1ccccc12. The molecule has 0 saturated heterocycles. The molecule has 0 aliphatic carbocycles. The van der Waals surface area contributed by atoms with Crippen LogP contribution in [0.25, 0.3) is 54.5 Å². The largest absolute Gasteiger partial charge is 0.243 e. The summed E-state index contributed by atoms with van der Waals surface area (Å²) in [5.41, 5.74) is 5.08. The molecule has 0 saturated carbocycles. The van der Waals surface area contributed by atoms with Crippen LogP contribution in [-0.2, 0) is 0 Å². The summed E-state index contributed by atoms with van der Waals surface area (Å²) in [4.78, 5) is 29.6. The third-order valence-corrected chi connectivity index (χ3v) is 8.10. The van der Waals surface area contributed by atoms with Crippen molar-refractivity contribution in [3.8, 4) is 34.2 Å². The molecule has 0 N–H and O–H groups in total. The van der Waals surface area contributed by atoms with Gasteiger partial charge in [0, 0.05) is 32.2 Å². The summed E-state index contributed by atoms with van der Waals surface area (Å²) >= 11 is 1.66. The Hall–Kier alpha value is -5.40. The third kappa shape index (κ3) is 4.87. The molecular weight excluding hydrogens is 536 g/mol. The standard InChI is InChI=1S/C35H24N6S/c1-22-17-18-25(33-40-31(23-11-5-3-6-12-23)39-32(41-33)24-13-7-4-8-14-24)21-29(22)37-34(36-2)28-20-19-27-26-15-9-10-16-30(26)42-35(27)38-28/h3-21H,2H2,1H3/b37-34-. The lowest BCUT2D eigenvalue weighted by atomic mass is 10.1. The van der Waals surface area contributed by atoms with E-state index in [2.05, 4.69) is 36.0 Å². The van der Waals surface area contributed by atoms with E-state index in [0.29, 0.717) is 29.0 Å². The molecule has 0 aliphatic rings. The van der Waals surface area contributed by atoms with Crippen molar-refractivity contribution in [3.05, 3.63) is 127 Å². The van der Waals surface area contributed by atoms with Crippen LogP contribution in [0.3, 0.4) is 0 Å². The predicted molar refractivity (Wildman–Crippen MR) is 174 cm³/mol. The van der Waals surface area contributed by atoms with Gasteiger partial charge in [-0.2, -0.15) is 0 Å². The lowest BCUT2D eigenvalue weighted by molar-refractivity contribution is 1.07. The number of aryl methyl sites for hydroxylation is 1. The summed E-state index contributed by atoms with van der Waals surface area (Å²) in [5.74, 6) is 2.25. The second-order valence-electron chi connectivity index (χ2n) is 9.78. The Labute approximate surface area is 246 Å². The van der Waals surface area contributed by atoms with E-state index in [0.717, 1.165) is 38.2 Å². The molecule has 0 radical (unpaired) electrons. The highest BCUT2D eigenvalue weighted by Crippen LogP contribution is 2.33. The van der Waals surface area contributed by atoms with Crippen LogP contribution in [0.4, 0.5) is 5.69 Å². The van der Waals surface area contributed by atoms with Crippen molar-refractivity contribution in [1.29, 1.82) is 0 Å². The molecule has 6 nitrogen and oxygen atoms in total. The summed E-state index contributed by atoms with van der Waals surface area (Å²) in [6.07, 6.45) is 0. The van der Waals surface area contributed by atoms with Gasteiger partial charge >= 0.3 is 0 Å². The zero-order chi connectivity index (χ0) is 28.5. The van der Waals surface area contributed by atoms with Gasteiger partial charge in [-0.15, -0.1) is 11.3 Å². The Morgan fingerprint density at radius 2 is 1.24 bits per heavy atom. The van der Waals surface area contributed by atoms with Crippen molar-refractivity contribution in [2.24, 2.45) is 9.98 Å². The Morgan fingerprint density at radius 3 is 1.90 bits per heavy atom. The minimum atomic E-state index is 0.459. The van der Waals surface area contributed by atoms with E-state index in [4.69, 9.17) is 24.9 Å². The number of hydrogen-bond donors (Lipinski definition) is 0. The maximum absolute atomic E-state index is 4.91. The fourth-order valence-corrected chi connectivity index (χ4v) is 5.90. The monoisotopic (exact) mass is 560 g/mol. The summed E-state index contributed by atoms with van der Waals surface area (Å²) < 4.78 is 1.20. The summed E-state index contributed by atoms with van der Waals surface area (Å²) in [5, 5.41) is 2.33. The van der Waals surface area contributed by atoms with Crippen LogP contribution in [0, 0.1) is 6.92 Å². The van der Waals surface area contributed by atoms with E-state index in [-0.39, 0.29) is 0 Å². The lowest BCUT2D eigenvalue weighted by Gasteiger charge is -2.10. The van der Waals surface area contributed by atoms with Crippen molar-refractivity contribution in [2.45, 2.75) is 6.92 Å². The van der Waals surface area contributed by atoms with Gasteiger partial charge in [0.1, 0.15) is 10.5 Å². The molecule has 3 aromatic heterocycles. The normalized spacial score (nSPS) is 11.7. The molecule has 0 aliphatic heterocycles. The smallest absolute Gasteiger partial charge is 0.178 e. The number of amidine groups is 1. The van der Waals surface area contributed by atoms with Crippen molar-refractivity contribution in [1.82, 2.24) is 19.9 Å². The zero-order valence-corrected chi connectivity index (χ0v) is 23.6. The summed E-state index contributed by atoms with van der Waals surface area (Å²) in [6, 6.07) is 38.3. The Bertz CT molecular complexity index is 2060. The second-order valence-corrected chi connectivity index (χ2v) is 10.8. The van der Waals surface area contributed by atoms with Crippen LogP contribution in [0.15, 0.2) is 125 Å². The van der Waals surface area contributed by atoms with Crippen LogP contribution in [-0.4, -0.2) is 32.5 Å². The molecule has 4 aromatic carbocycles. The first kappa shape index (κ1) is 25.6. The molecule has 42 heavy (non-hydrogen) atoms. The Balaban J connectivity index is 1.32. The molecule has 0 bridgehead atoms. The first-order chi connectivity index (χ1) is 20.7. The molecule has 7 heteroatoms. The van der Waals surface area contributed by atoms with Gasteiger partial charge in [-0.25, -0.2) is 29.9 Å². The maximum Gasteiger partial charge on any atom is 0.178 e. The number of hydrogen-bond acceptors (Lipinski definition) is 6. The fourth-order valence-electron chi connectivity index (χ4n) is 4.82. The maximum atomic E-state index is 4.91. The molecular formula is C35H24N6S. The highest BCUT2D eigenvalue weighted by molar-refractivity contribution is 7.25. The Morgan fingerprint density at radius 1 is 0.619 bits per heavy atom. The summed E-state index contributed by atoms with van der Waals surface area (Å²) in [6.45, 7) is 5.82. The zero-order valence-electron chi connectivity index (χ0n) is 22.8. The average molecular weight is 561 g/mol. The van der Waals surface area contributed by atoms with Gasteiger partial charge in [0.15, 0.2) is 23.3 Å². The van der Waals surface area contributed by atoms with Crippen molar-refractivity contribution >= 4 is 49.9 Å². The number of fused-ring (bicyclic) bond motifs is 3. The molecule has 0 spiro atoms. The van der Waals surface area contributed by atoms with E-state index in [1.54, 1.807) is 11.3 Å². The summed E-state index contributed by atoms with van der Waals surface area (Å²) in [7, 11) is 0. The predicted octanol–water partition coefficient (Wildman–Crippen LogP) is 8.72. The van der Waals surface area contributed by atoms with Crippen LogP contribution >= 0.6 is 11.3 Å². The number of thiophene rings is 1. The van der Waals surface area contributed by atoms with Crippen LogP contribution in [0.2, 0.25) is 0 Å². The van der Waals surface area contributed by atoms with Gasteiger partial charge < -0.3 is 0 Å². The quantitative estimate of drug-likeness (QED) is 0.156. The van der Waals surface area contributed by atoms with Gasteiger partial charge in [-0.1, -0.05) is 91.0 Å². The fraction of sp³-hybridized carbons (Fsp3) is 0.0286. The number of benzene rings is 4. The minimum absolute atomic E-state index is 0.459. The van der Waals surface area contributed by atoms with Crippen LogP contribution in [0.1, 0.15) is 11.3 Å². The molecule has 7 aromatic rings. The van der Waals surface area contributed by atoms with E-state index >= 15 is 0 Å². The first-order valence-corrected chi connectivity index (χ1v) is 14.3. The number of aromatic nitrogens is 4. The second kappa shape index (κ2) is 10.9. The number of rotatable bonds is 5. The van der Waals surface area contributed by atoms with Crippen molar-refractivity contribution in [3.63, 3.8) is 0 Å². The van der Waals surface area contributed by atoms with Gasteiger partial charge in [0.05, 0.1) is 5.69 Å². The molecule has 0 amide bonds. The number of nitrogens with zero attached hydrogens (tertiary/aromatic N) is 6. The van der Waals surface area contributed by atoms with Gasteiger partial charge in [-0.05, 0) is 43.5 Å². The van der Waals surface area contributed by atoms with Crippen LogP contribution < -0.4 is 0 Å². The van der Waals surface area contributed by atoms with Crippen molar-refractivity contribution in [2.75, 3.05) is 0 Å². The van der Waals surface area contributed by atoms with Gasteiger partial charge in [0.25, 0.3) is 0 Å². The topological polar surface area (TPSA) is 76.3 Å². The number of aliphatic imine (C=N–C) groups is 2. The molecule has 7 rings (SSSR count). The van der Waals surface area contributed by atoms with E-state index in [9.17, 15) is 0 Å². The third-order valence-electron chi connectivity index (χ3n) is 7.02. The first-order valence-electron chi connectivity index (χ1n) is 13.5. The van der Waals surface area contributed by atoms with Gasteiger partial charge in [0.2, 0.25) is 0 Å². The molecule has 0 atom stereocenters. The van der Waals surface area contributed by atoms with E-state index in [1.165, 1.54) is 10.1 Å². The molecule has 3 heterocycles. The van der Waals surface area contributed by atoms with E-state index < -0.39 is 0 Å². The van der Waals surface area contributed by atoms with Gasteiger partial charge in [-0.3, -0.25) is 0 Å². The van der Waals surface area contributed by atoms with Crippen molar-refractivity contribution < 1.29 is 0 Å². The molecule has 200 valence electrons. The minimum Gasteiger partial charge on any atom is -0.243 e. The molecule has 0 fully saturated rings. The molecule has 0 unspecified atom stereocenters. The lowest BCUT2D eigenvalue weighted by Crippen LogP contribution is -2.01. The van der Waals surface area contributed by atoms with E-state index in [1.807, 2.05) is 97.9 Å². The average Bonchev–Trinajstić information content (AvgIpc) is 3.43.